The lowest BCUT2D eigenvalue weighted by Crippen LogP contribution is -2.42. The van der Waals surface area contributed by atoms with Crippen molar-refractivity contribution >= 4 is 0 Å². The van der Waals surface area contributed by atoms with E-state index < -0.39 is 0 Å². The molecule has 2 nitrogen and oxygen atoms in total. The summed E-state index contributed by atoms with van der Waals surface area (Å²) >= 11 is 0. The standard InChI is InChI=1S/C12H15NO/c13-11-6-5-9-7-8-3-1-2-4-10(8)12(11)14-9/h1-4,9,11-12H,5-7,13H2/t9-,11-,12-/m0/s1. The van der Waals surface area contributed by atoms with Crippen molar-refractivity contribution in [2.75, 3.05) is 0 Å². The second-order valence-electron chi connectivity index (χ2n) is 4.32. The predicted molar refractivity (Wildman–Crippen MR) is 55.0 cm³/mol. The van der Waals surface area contributed by atoms with Crippen LogP contribution in [0.1, 0.15) is 30.1 Å². The van der Waals surface area contributed by atoms with Gasteiger partial charge in [-0.05, 0) is 30.4 Å². The Morgan fingerprint density at radius 3 is 3.00 bits per heavy atom. The van der Waals surface area contributed by atoms with Crippen LogP contribution in [-0.4, -0.2) is 12.1 Å². The summed E-state index contributed by atoms with van der Waals surface area (Å²) in [5.41, 5.74) is 8.83. The minimum atomic E-state index is 0.152. The van der Waals surface area contributed by atoms with E-state index in [-0.39, 0.29) is 12.1 Å². The van der Waals surface area contributed by atoms with Gasteiger partial charge in [-0.2, -0.15) is 0 Å². The molecule has 0 aromatic heterocycles. The summed E-state index contributed by atoms with van der Waals surface area (Å²) in [6.07, 6.45) is 3.85. The van der Waals surface area contributed by atoms with Gasteiger partial charge in [0.1, 0.15) is 0 Å². The fourth-order valence-electron chi connectivity index (χ4n) is 2.60. The Hall–Kier alpha value is -0.860. The van der Waals surface area contributed by atoms with Gasteiger partial charge < -0.3 is 10.5 Å². The van der Waals surface area contributed by atoms with Gasteiger partial charge in [-0.25, -0.2) is 0 Å². The van der Waals surface area contributed by atoms with Gasteiger partial charge in [0.15, 0.2) is 0 Å². The van der Waals surface area contributed by atoms with Crippen molar-refractivity contribution in [2.45, 2.75) is 37.5 Å². The maximum Gasteiger partial charge on any atom is 0.0982 e. The second kappa shape index (κ2) is 3.07. The van der Waals surface area contributed by atoms with Crippen LogP contribution >= 0.6 is 0 Å². The number of ether oxygens (including phenoxy) is 1. The van der Waals surface area contributed by atoms with Gasteiger partial charge in [-0.1, -0.05) is 24.3 Å². The molecule has 1 saturated heterocycles. The number of hydrogen-bond acceptors (Lipinski definition) is 2. The van der Waals surface area contributed by atoms with E-state index in [2.05, 4.69) is 24.3 Å². The van der Waals surface area contributed by atoms with E-state index >= 15 is 0 Å². The van der Waals surface area contributed by atoms with Gasteiger partial charge in [0.2, 0.25) is 0 Å². The van der Waals surface area contributed by atoms with E-state index in [0.29, 0.717) is 6.10 Å². The third-order valence-electron chi connectivity index (χ3n) is 3.36. The normalized spacial score (nSPS) is 35.1. The van der Waals surface area contributed by atoms with Crippen molar-refractivity contribution in [3.05, 3.63) is 35.4 Å². The summed E-state index contributed by atoms with van der Waals surface area (Å²) in [5, 5.41) is 0. The van der Waals surface area contributed by atoms with E-state index in [0.717, 1.165) is 19.3 Å². The van der Waals surface area contributed by atoms with E-state index in [4.69, 9.17) is 10.5 Å². The molecule has 2 heteroatoms. The highest BCUT2D eigenvalue weighted by atomic mass is 16.5. The maximum atomic E-state index is 6.08. The van der Waals surface area contributed by atoms with Crippen molar-refractivity contribution in [1.82, 2.24) is 0 Å². The molecule has 0 saturated carbocycles. The van der Waals surface area contributed by atoms with Crippen LogP contribution in [0.5, 0.6) is 0 Å². The van der Waals surface area contributed by atoms with Crippen LogP contribution in [0.2, 0.25) is 0 Å². The molecule has 2 bridgehead atoms. The number of nitrogens with two attached hydrogens (primary N) is 1. The molecular formula is C12H15NO. The molecule has 2 heterocycles. The van der Waals surface area contributed by atoms with Gasteiger partial charge in [-0.3, -0.25) is 0 Å². The third-order valence-corrected chi connectivity index (χ3v) is 3.36. The van der Waals surface area contributed by atoms with Crippen LogP contribution in [0.25, 0.3) is 0 Å². The fourth-order valence-corrected chi connectivity index (χ4v) is 2.60. The molecule has 0 spiro atoms. The number of benzene rings is 1. The van der Waals surface area contributed by atoms with Crippen LogP contribution in [0, 0.1) is 0 Å². The Balaban J connectivity index is 2.06. The van der Waals surface area contributed by atoms with Crippen LogP contribution in [-0.2, 0) is 11.2 Å². The van der Waals surface area contributed by atoms with Gasteiger partial charge >= 0.3 is 0 Å². The Morgan fingerprint density at radius 1 is 1.21 bits per heavy atom. The summed E-state index contributed by atoms with van der Waals surface area (Å²) in [6.45, 7) is 0. The van der Waals surface area contributed by atoms with Gasteiger partial charge in [-0.15, -0.1) is 0 Å². The molecule has 2 aliphatic rings. The molecule has 14 heavy (non-hydrogen) atoms. The minimum Gasteiger partial charge on any atom is -0.368 e. The predicted octanol–water partition coefficient (Wildman–Crippen LogP) is 1.79. The minimum absolute atomic E-state index is 0.152. The zero-order valence-corrected chi connectivity index (χ0v) is 8.15. The van der Waals surface area contributed by atoms with Crippen molar-refractivity contribution in [3.63, 3.8) is 0 Å². The van der Waals surface area contributed by atoms with Crippen LogP contribution in [0.3, 0.4) is 0 Å². The van der Waals surface area contributed by atoms with E-state index in [1.165, 1.54) is 11.1 Å². The molecule has 0 aliphatic carbocycles. The highest BCUT2D eigenvalue weighted by Crippen LogP contribution is 2.38. The van der Waals surface area contributed by atoms with Gasteiger partial charge in [0.25, 0.3) is 0 Å². The second-order valence-corrected chi connectivity index (χ2v) is 4.32. The van der Waals surface area contributed by atoms with Crippen molar-refractivity contribution in [3.8, 4) is 0 Å². The summed E-state index contributed by atoms with van der Waals surface area (Å²) in [6, 6.07) is 8.72. The number of hydrogen-bond donors (Lipinski definition) is 1. The first-order chi connectivity index (χ1) is 6.84. The van der Waals surface area contributed by atoms with Crippen LogP contribution in [0.15, 0.2) is 24.3 Å². The highest BCUT2D eigenvalue weighted by Gasteiger charge is 2.35. The Kier molecular flexibility index (Phi) is 1.85. The third kappa shape index (κ3) is 1.18. The topological polar surface area (TPSA) is 35.2 Å². The van der Waals surface area contributed by atoms with E-state index in [1.54, 1.807) is 0 Å². The van der Waals surface area contributed by atoms with Crippen molar-refractivity contribution in [2.24, 2.45) is 5.73 Å². The Bertz CT molecular complexity index is 350. The fraction of sp³-hybridized carbons (Fsp3) is 0.500. The largest absolute Gasteiger partial charge is 0.368 e. The summed E-state index contributed by atoms with van der Waals surface area (Å²) in [4.78, 5) is 0. The van der Waals surface area contributed by atoms with Crippen LogP contribution in [0.4, 0.5) is 0 Å². The Morgan fingerprint density at radius 2 is 2.07 bits per heavy atom. The SMILES string of the molecule is N[C@H]1CC[C@H]2Cc3ccccc3[C@@H]1O2. The van der Waals surface area contributed by atoms with Crippen molar-refractivity contribution < 1.29 is 4.74 Å². The maximum absolute atomic E-state index is 6.08. The Labute approximate surface area is 84.1 Å². The molecule has 74 valence electrons. The summed E-state index contributed by atoms with van der Waals surface area (Å²) < 4.78 is 5.94. The zero-order valence-electron chi connectivity index (χ0n) is 8.15. The number of fused-ring (bicyclic) bond motifs is 4. The smallest absolute Gasteiger partial charge is 0.0982 e. The molecule has 0 unspecified atom stereocenters. The summed E-state index contributed by atoms with van der Waals surface area (Å²) in [7, 11) is 0. The lowest BCUT2D eigenvalue weighted by atomic mass is 9.84. The molecule has 0 radical (unpaired) electrons. The highest BCUT2D eigenvalue weighted by molar-refractivity contribution is 5.33. The van der Waals surface area contributed by atoms with E-state index in [9.17, 15) is 0 Å². The number of rotatable bonds is 0. The first kappa shape index (κ1) is 8.45. The average Bonchev–Trinajstić information content (AvgIpc) is 2.23. The van der Waals surface area contributed by atoms with E-state index in [1.807, 2.05) is 0 Å². The molecule has 3 rings (SSSR count). The monoisotopic (exact) mass is 189 g/mol. The average molecular weight is 189 g/mol. The molecule has 1 fully saturated rings. The lowest BCUT2D eigenvalue weighted by Gasteiger charge is -2.40. The molecule has 0 amide bonds. The molecular weight excluding hydrogens is 174 g/mol. The zero-order chi connectivity index (χ0) is 9.54. The lowest BCUT2D eigenvalue weighted by molar-refractivity contribution is -0.0730. The molecule has 2 aliphatic heterocycles. The first-order valence-corrected chi connectivity index (χ1v) is 5.33. The quantitative estimate of drug-likeness (QED) is 0.675. The van der Waals surface area contributed by atoms with Crippen LogP contribution < -0.4 is 5.73 Å². The van der Waals surface area contributed by atoms with Gasteiger partial charge in [0.05, 0.1) is 12.2 Å². The molecule has 3 atom stereocenters. The van der Waals surface area contributed by atoms with Crippen molar-refractivity contribution in [1.29, 1.82) is 0 Å². The molecule has 2 N–H and O–H groups in total. The first-order valence-electron chi connectivity index (χ1n) is 5.33. The summed E-state index contributed by atoms with van der Waals surface area (Å²) in [5.74, 6) is 0. The molecule has 1 aromatic rings. The van der Waals surface area contributed by atoms with Gasteiger partial charge in [0, 0.05) is 6.04 Å². The molecule has 1 aromatic carbocycles.